The summed E-state index contributed by atoms with van der Waals surface area (Å²) in [6, 6.07) is 16.1. The van der Waals surface area contributed by atoms with Crippen LogP contribution < -0.4 is 26.2 Å². The Morgan fingerprint density at radius 2 is 1.75 bits per heavy atom. The van der Waals surface area contributed by atoms with Crippen LogP contribution in [0.3, 0.4) is 0 Å². The molecule has 2 aromatic heterocycles. The van der Waals surface area contributed by atoms with Crippen molar-refractivity contribution in [3.05, 3.63) is 110 Å². The van der Waals surface area contributed by atoms with Crippen LogP contribution in [0.15, 0.2) is 76.3 Å². The zero-order valence-electron chi connectivity index (χ0n) is 35.3. The van der Waals surface area contributed by atoms with Crippen molar-refractivity contribution in [1.29, 1.82) is 0 Å². The predicted octanol–water partition coefficient (Wildman–Crippen LogP) is 3.01. The second-order valence-electron chi connectivity index (χ2n) is 16.8. The van der Waals surface area contributed by atoms with Gasteiger partial charge in [0.25, 0.3) is 17.4 Å². The van der Waals surface area contributed by atoms with Crippen LogP contribution >= 0.6 is 15.9 Å². The molecule has 3 fully saturated rings. The van der Waals surface area contributed by atoms with Gasteiger partial charge in [-0.05, 0) is 95.2 Å². The van der Waals surface area contributed by atoms with E-state index in [4.69, 9.17) is 4.74 Å². The Bertz CT molecular complexity index is 2440. The highest BCUT2D eigenvalue weighted by Crippen LogP contribution is 2.31. The average molecular weight is 924 g/mol. The lowest BCUT2D eigenvalue weighted by Gasteiger charge is -2.37. The Hall–Kier alpha value is -5.98. The zero-order valence-corrected chi connectivity index (χ0v) is 36.9. The number of amides is 5. The molecule has 0 radical (unpaired) electrons. The third kappa shape index (κ3) is 10.3. The highest BCUT2D eigenvalue weighted by atomic mass is 79.9. The number of nitrogens with zero attached hydrogens (tertiary/aromatic N) is 7. The molecule has 8 rings (SSSR count). The van der Waals surface area contributed by atoms with Crippen molar-refractivity contribution in [3.63, 3.8) is 0 Å². The lowest BCUT2D eigenvalue weighted by atomic mass is 9.87. The number of likely N-dealkylation sites (tertiary alicyclic amines) is 1. The molecule has 0 aliphatic carbocycles. The van der Waals surface area contributed by atoms with Crippen LogP contribution in [0.25, 0.3) is 0 Å². The first-order valence-corrected chi connectivity index (χ1v) is 22.1. The van der Waals surface area contributed by atoms with E-state index in [1.165, 1.54) is 15.1 Å². The van der Waals surface area contributed by atoms with Gasteiger partial charge in [0.2, 0.25) is 23.6 Å². The van der Waals surface area contributed by atoms with E-state index in [-0.39, 0.29) is 67.0 Å². The van der Waals surface area contributed by atoms with Crippen LogP contribution in [0.4, 0.5) is 11.4 Å². The molecule has 3 N–H and O–H groups in total. The number of piperazine rings is 1. The van der Waals surface area contributed by atoms with Crippen LogP contribution in [0, 0.1) is 0 Å². The Balaban J connectivity index is 0.728. The van der Waals surface area contributed by atoms with Crippen molar-refractivity contribution in [3.8, 4) is 5.88 Å². The van der Waals surface area contributed by atoms with Crippen LogP contribution in [0.5, 0.6) is 5.88 Å². The van der Waals surface area contributed by atoms with E-state index in [1.54, 1.807) is 43.7 Å². The number of halogens is 1. The number of piperidine rings is 2. The molecule has 0 spiro atoms. The minimum absolute atomic E-state index is 0.0425. The van der Waals surface area contributed by atoms with Gasteiger partial charge >= 0.3 is 0 Å². The maximum absolute atomic E-state index is 13.5. The number of likely N-dealkylation sites (N-methyl/N-ethyl adjacent to an activating group) is 1. The summed E-state index contributed by atoms with van der Waals surface area (Å²) in [6.45, 7) is 6.16. The fourth-order valence-corrected chi connectivity index (χ4v) is 9.33. The van der Waals surface area contributed by atoms with E-state index in [0.717, 1.165) is 45.6 Å². The number of ether oxygens (including phenoxy) is 1. The number of imide groups is 1. The van der Waals surface area contributed by atoms with Gasteiger partial charge in [0.15, 0.2) is 0 Å². The van der Waals surface area contributed by atoms with E-state index in [1.807, 2.05) is 23.1 Å². The van der Waals surface area contributed by atoms with Gasteiger partial charge in [-0.25, -0.2) is 9.67 Å². The van der Waals surface area contributed by atoms with E-state index in [9.17, 15) is 28.8 Å². The summed E-state index contributed by atoms with van der Waals surface area (Å²) in [5.74, 6) is -0.519. The first-order chi connectivity index (χ1) is 30.4. The maximum atomic E-state index is 13.5. The molecular weight excluding hydrogens is 872 g/mol. The van der Waals surface area contributed by atoms with Gasteiger partial charge in [0, 0.05) is 101 Å². The maximum Gasteiger partial charge on any atom is 0.282 e. The Kier molecular flexibility index (Phi) is 13.3. The summed E-state index contributed by atoms with van der Waals surface area (Å²) in [4.78, 5) is 88.0. The molecule has 0 bridgehead atoms. The Morgan fingerprint density at radius 1 is 0.952 bits per heavy atom. The van der Waals surface area contributed by atoms with Crippen LogP contribution in [0.2, 0.25) is 0 Å². The molecule has 3 unspecified atom stereocenters. The number of nitrogens with one attached hydrogen (secondary N) is 3. The van der Waals surface area contributed by atoms with E-state index in [0.29, 0.717) is 63.7 Å². The van der Waals surface area contributed by atoms with Crippen molar-refractivity contribution in [2.75, 3.05) is 70.1 Å². The van der Waals surface area contributed by atoms with Crippen molar-refractivity contribution in [2.24, 2.45) is 7.05 Å². The monoisotopic (exact) mass is 922 g/mol. The van der Waals surface area contributed by atoms with Crippen LogP contribution in [-0.2, 0) is 34.4 Å². The molecule has 2 aromatic carbocycles. The quantitative estimate of drug-likeness (QED) is 0.132. The molecular formula is C45H51BrN10O7. The topological polar surface area (TPSA) is 191 Å². The predicted molar refractivity (Wildman–Crippen MR) is 237 cm³/mol. The van der Waals surface area contributed by atoms with Gasteiger partial charge in [-0.1, -0.05) is 18.2 Å². The molecule has 6 heterocycles. The lowest BCUT2D eigenvalue weighted by Crippen LogP contribution is -2.52. The molecule has 0 saturated carbocycles. The molecule has 18 heteroatoms. The average Bonchev–Trinajstić information content (AvgIpc) is 3.60. The third-order valence-corrected chi connectivity index (χ3v) is 13.0. The largest absolute Gasteiger partial charge is 0.478 e. The first kappa shape index (κ1) is 43.7. The fourth-order valence-electron chi connectivity index (χ4n) is 8.86. The normalized spacial score (nSPS) is 20.6. The summed E-state index contributed by atoms with van der Waals surface area (Å²) in [5.41, 5.74) is 4.82. The molecule has 3 atom stereocenters. The lowest BCUT2D eigenvalue weighted by molar-refractivity contribution is -0.137. The standard InChI is InChI=1S/C45H51BrN10O7/c1-52-25-31(21-34(27-52)49-36-24-48-53(2)45(62)41(36)46)29-5-7-30(8-6-29)43(60)55-17-15-54(16-18-55)14-3-19-63-40-13-4-28(23-47-40)20-39(58)50-33-9-10-35-32(22-33)26-56(44(35)61)37-11-12-38(57)51-42(37)59/h4-10,13,22-24,31,34,37,49H,3,11-12,14-21,25-27H2,1-2H3,(H,50,58)(H,51,57,59). The van der Waals surface area contributed by atoms with Crippen LogP contribution in [0.1, 0.15) is 69.0 Å². The number of fused-ring (bicyclic) bond motifs is 1. The molecule has 4 aliphatic rings. The number of carbonyl (C=O) groups excluding carboxylic acids is 5. The minimum Gasteiger partial charge on any atom is -0.478 e. The second-order valence-corrected chi connectivity index (χ2v) is 17.5. The van der Waals surface area contributed by atoms with E-state index < -0.39 is 11.9 Å². The fraction of sp³-hybridized carbons (Fsp3) is 0.422. The van der Waals surface area contributed by atoms with Gasteiger partial charge in [-0.15, -0.1) is 0 Å². The summed E-state index contributed by atoms with van der Waals surface area (Å²) >= 11 is 3.42. The first-order valence-electron chi connectivity index (χ1n) is 21.3. The van der Waals surface area contributed by atoms with Gasteiger partial charge in [-0.3, -0.25) is 39.0 Å². The Morgan fingerprint density at radius 3 is 2.49 bits per heavy atom. The molecule has 63 heavy (non-hydrogen) atoms. The molecule has 4 aromatic rings. The van der Waals surface area contributed by atoms with Crippen molar-refractivity contribution in [2.45, 2.75) is 56.7 Å². The smallest absolute Gasteiger partial charge is 0.282 e. The summed E-state index contributed by atoms with van der Waals surface area (Å²) < 4.78 is 7.67. The molecule has 3 saturated heterocycles. The van der Waals surface area contributed by atoms with Gasteiger partial charge in [0.05, 0.1) is 24.9 Å². The second kappa shape index (κ2) is 19.2. The number of hydrogen-bond acceptors (Lipinski definition) is 12. The van der Waals surface area contributed by atoms with Crippen molar-refractivity contribution < 1.29 is 28.7 Å². The van der Waals surface area contributed by atoms with Gasteiger partial charge < -0.3 is 30.1 Å². The van der Waals surface area contributed by atoms with E-state index in [2.05, 4.69) is 70.9 Å². The van der Waals surface area contributed by atoms with Crippen molar-refractivity contribution >= 4 is 56.8 Å². The number of anilines is 2. The number of hydrogen-bond donors (Lipinski definition) is 3. The molecule has 4 aliphatic heterocycles. The molecule has 17 nitrogen and oxygen atoms in total. The summed E-state index contributed by atoms with van der Waals surface area (Å²) in [5, 5.41) is 12.8. The number of benzene rings is 2. The number of carbonyl (C=O) groups is 5. The SMILES string of the molecule is CN1CC(Nc2cnn(C)c(=O)c2Br)CC(c2ccc(C(=O)N3CCN(CCCOc4ccc(CC(=O)Nc5ccc6c(c5)CN(C5CCC(=O)NC5=O)C6=O)cn4)CC3)cc2)C1. The zero-order chi connectivity index (χ0) is 44.2. The van der Waals surface area contributed by atoms with E-state index >= 15 is 0 Å². The number of aryl methyl sites for hydroxylation is 1. The number of pyridine rings is 1. The minimum atomic E-state index is -0.699. The molecule has 5 amide bonds. The summed E-state index contributed by atoms with van der Waals surface area (Å²) in [6.07, 6.45) is 5.54. The highest BCUT2D eigenvalue weighted by molar-refractivity contribution is 9.10. The number of aromatic nitrogens is 3. The summed E-state index contributed by atoms with van der Waals surface area (Å²) in [7, 11) is 3.72. The van der Waals surface area contributed by atoms with Crippen LogP contribution in [-0.4, -0.2) is 135 Å². The van der Waals surface area contributed by atoms with Crippen molar-refractivity contribution in [1.82, 2.24) is 39.7 Å². The number of rotatable bonds is 13. The van der Waals surface area contributed by atoms with Gasteiger partial charge in [0.1, 0.15) is 10.5 Å². The van der Waals surface area contributed by atoms with Gasteiger partial charge in [-0.2, -0.15) is 5.10 Å². The highest BCUT2D eigenvalue weighted by Gasteiger charge is 2.39. The Labute approximate surface area is 373 Å². The molecule has 330 valence electrons. The third-order valence-electron chi connectivity index (χ3n) is 12.2.